The van der Waals surface area contributed by atoms with Gasteiger partial charge in [-0.1, -0.05) is 30.3 Å². The van der Waals surface area contributed by atoms with Crippen LogP contribution in [0.25, 0.3) is 0 Å². The van der Waals surface area contributed by atoms with Crippen LogP contribution in [-0.4, -0.2) is 12.1 Å². The van der Waals surface area contributed by atoms with Crippen molar-refractivity contribution >= 4 is 12.1 Å². The Morgan fingerprint density at radius 3 is 2.53 bits per heavy atom. The molecule has 17 heavy (non-hydrogen) atoms. The molecular weight excluding hydrogens is 216 g/mol. The number of carbonyl (C=O) groups is 2. The first-order valence-electron chi connectivity index (χ1n) is 5.38. The van der Waals surface area contributed by atoms with Gasteiger partial charge in [0.05, 0.1) is 12.2 Å². The minimum Gasteiger partial charge on any atom is -0.469 e. The fourth-order valence-electron chi connectivity index (χ4n) is 1.66. The standard InChI is InChI=1S/C14H12O3/c15-10-12(14-7-4-8-17-14)9-13(16)11-5-2-1-3-6-11/h1-8,10,12H,9H2. The third kappa shape index (κ3) is 2.69. The molecule has 0 aliphatic carbocycles. The second-order valence-electron chi connectivity index (χ2n) is 3.75. The highest BCUT2D eigenvalue weighted by atomic mass is 16.3. The molecule has 2 aromatic rings. The average molecular weight is 228 g/mol. The van der Waals surface area contributed by atoms with Crippen molar-refractivity contribution in [2.45, 2.75) is 12.3 Å². The Balaban J connectivity index is 2.10. The largest absolute Gasteiger partial charge is 0.469 e. The summed E-state index contributed by atoms with van der Waals surface area (Å²) >= 11 is 0. The van der Waals surface area contributed by atoms with Gasteiger partial charge in [-0.15, -0.1) is 0 Å². The van der Waals surface area contributed by atoms with Gasteiger partial charge >= 0.3 is 0 Å². The van der Waals surface area contributed by atoms with Crippen molar-refractivity contribution in [3.05, 3.63) is 60.1 Å². The molecule has 0 aliphatic rings. The molecule has 0 spiro atoms. The van der Waals surface area contributed by atoms with E-state index in [1.54, 1.807) is 36.4 Å². The van der Waals surface area contributed by atoms with E-state index < -0.39 is 5.92 Å². The Kier molecular flexibility index (Phi) is 3.50. The van der Waals surface area contributed by atoms with Crippen LogP contribution >= 0.6 is 0 Å². The van der Waals surface area contributed by atoms with Gasteiger partial charge in [0, 0.05) is 12.0 Å². The number of rotatable bonds is 5. The molecule has 0 bridgehead atoms. The molecule has 3 heteroatoms. The number of Topliss-reactive ketones (excluding diaryl/α,β-unsaturated/α-hetero) is 1. The molecular formula is C14H12O3. The molecule has 0 fully saturated rings. The van der Waals surface area contributed by atoms with Crippen LogP contribution in [0.1, 0.15) is 28.5 Å². The van der Waals surface area contributed by atoms with E-state index >= 15 is 0 Å². The van der Waals surface area contributed by atoms with Crippen LogP contribution < -0.4 is 0 Å². The molecule has 2 rings (SSSR count). The Morgan fingerprint density at radius 1 is 1.18 bits per heavy atom. The maximum Gasteiger partial charge on any atom is 0.164 e. The van der Waals surface area contributed by atoms with Crippen molar-refractivity contribution in [2.24, 2.45) is 0 Å². The fourth-order valence-corrected chi connectivity index (χ4v) is 1.66. The van der Waals surface area contributed by atoms with E-state index in [4.69, 9.17) is 4.42 Å². The van der Waals surface area contributed by atoms with Crippen molar-refractivity contribution in [1.82, 2.24) is 0 Å². The van der Waals surface area contributed by atoms with Crippen LogP contribution in [0.4, 0.5) is 0 Å². The van der Waals surface area contributed by atoms with E-state index in [-0.39, 0.29) is 12.2 Å². The Morgan fingerprint density at radius 2 is 1.94 bits per heavy atom. The van der Waals surface area contributed by atoms with E-state index in [1.165, 1.54) is 6.26 Å². The number of furan rings is 1. The molecule has 0 amide bonds. The third-order valence-corrected chi connectivity index (χ3v) is 2.57. The summed E-state index contributed by atoms with van der Waals surface area (Å²) in [5, 5.41) is 0. The Hall–Kier alpha value is -2.16. The zero-order chi connectivity index (χ0) is 12.1. The lowest BCUT2D eigenvalue weighted by atomic mass is 9.97. The number of hydrogen-bond acceptors (Lipinski definition) is 3. The van der Waals surface area contributed by atoms with Gasteiger partial charge in [0.2, 0.25) is 0 Å². The van der Waals surface area contributed by atoms with Crippen molar-refractivity contribution in [3.63, 3.8) is 0 Å². The van der Waals surface area contributed by atoms with E-state index in [9.17, 15) is 9.59 Å². The molecule has 0 radical (unpaired) electrons. The summed E-state index contributed by atoms with van der Waals surface area (Å²) in [5.74, 6) is -0.0268. The predicted octanol–water partition coefficient (Wildman–Crippen LogP) is 2.84. The van der Waals surface area contributed by atoms with Crippen molar-refractivity contribution in [3.8, 4) is 0 Å². The number of benzene rings is 1. The normalized spacial score (nSPS) is 12.0. The molecule has 1 unspecified atom stereocenters. The van der Waals surface area contributed by atoms with Gasteiger partial charge in [0.15, 0.2) is 5.78 Å². The first-order valence-corrected chi connectivity index (χ1v) is 5.38. The molecule has 1 heterocycles. The van der Waals surface area contributed by atoms with E-state index in [0.717, 1.165) is 6.29 Å². The summed E-state index contributed by atoms with van der Waals surface area (Å²) < 4.78 is 5.14. The maximum absolute atomic E-state index is 11.9. The highest BCUT2D eigenvalue weighted by molar-refractivity contribution is 5.97. The van der Waals surface area contributed by atoms with Gasteiger partial charge in [-0.25, -0.2) is 0 Å². The lowest BCUT2D eigenvalue weighted by Crippen LogP contribution is -2.08. The first kappa shape index (κ1) is 11.3. The van der Waals surface area contributed by atoms with Crippen LogP contribution in [0.15, 0.2) is 53.1 Å². The molecule has 0 saturated heterocycles. The summed E-state index contributed by atoms with van der Waals surface area (Å²) in [4.78, 5) is 22.9. The smallest absolute Gasteiger partial charge is 0.164 e. The molecule has 0 N–H and O–H groups in total. The summed E-state index contributed by atoms with van der Waals surface area (Å²) in [5.41, 5.74) is 0.617. The fraction of sp³-hybridized carbons (Fsp3) is 0.143. The lowest BCUT2D eigenvalue weighted by molar-refractivity contribution is -0.109. The summed E-state index contributed by atoms with van der Waals surface area (Å²) in [7, 11) is 0. The van der Waals surface area contributed by atoms with Crippen LogP contribution in [-0.2, 0) is 4.79 Å². The van der Waals surface area contributed by atoms with Gasteiger partial charge in [0.1, 0.15) is 12.0 Å². The summed E-state index contributed by atoms with van der Waals surface area (Å²) in [6.45, 7) is 0. The van der Waals surface area contributed by atoms with E-state index in [1.807, 2.05) is 6.07 Å². The molecule has 86 valence electrons. The lowest BCUT2D eigenvalue weighted by Gasteiger charge is -2.06. The molecule has 3 nitrogen and oxygen atoms in total. The minimum absolute atomic E-state index is 0.0564. The average Bonchev–Trinajstić information content (AvgIpc) is 2.90. The zero-order valence-electron chi connectivity index (χ0n) is 9.21. The first-order chi connectivity index (χ1) is 8.31. The van der Waals surface area contributed by atoms with Crippen LogP contribution in [0.5, 0.6) is 0 Å². The maximum atomic E-state index is 11.9. The molecule has 1 aromatic carbocycles. The van der Waals surface area contributed by atoms with E-state index in [0.29, 0.717) is 11.3 Å². The monoisotopic (exact) mass is 228 g/mol. The summed E-state index contributed by atoms with van der Waals surface area (Å²) in [6.07, 6.45) is 2.39. The minimum atomic E-state index is -0.502. The molecule has 1 atom stereocenters. The molecule has 0 saturated carbocycles. The van der Waals surface area contributed by atoms with Crippen molar-refractivity contribution in [1.29, 1.82) is 0 Å². The highest BCUT2D eigenvalue weighted by Crippen LogP contribution is 2.20. The van der Waals surface area contributed by atoms with Gasteiger partial charge in [-0.05, 0) is 12.1 Å². The Labute approximate surface area is 99.1 Å². The van der Waals surface area contributed by atoms with Crippen LogP contribution in [0, 0.1) is 0 Å². The van der Waals surface area contributed by atoms with Crippen LogP contribution in [0.2, 0.25) is 0 Å². The summed E-state index contributed by atoms with van der Waals surface area (Å²) in [6, 6.07) is 12.3. The topological polar surface area (TPSA) is 47.3 Å². The Bertz CT molecular complexity index is 485. The van der Waals surface area contributed by atoms with Crippen molar-refractivity contribution < 1.29 is 14.0 Å². The van der Waals surface area contributed by atoms with Gasteiger partial charge in [-0.3, -0.25) is 4.79 Å². The number of carbonyl (C=O) groups excluding carboxylic acids is 2. The van der Waals surface area contributed by atoms with Gasteiger partial charge < -0.3 is 9.21 Å². The predicted molar refractivity (Wildman–Crippen MR) is 62.9 cm³/mol. The second-order valence-corrected chi connectivity index (χ2v) is 3.75. The van der Waals surface area contributed by atoms with Gasteiger partial charge in [-0.2, -0.15) is 0 Å². The third-order valence-electron chi connectivity index (χ3n) is 2.57. The molecule has 0 aliphatic heterocycles. The van der Waals surface area contributed by atoms with E-state index in [2.05, 4.69) is 0 Å². The highest BCUT2D eigenvalue weighted by Gasteiger charge is 2.18. The number of hydrogen-bond donors (Lipinski definition) is 0. The quantitative estimate of drug-likeness (QED) is 0.584. The molecule has 1 aromatic heterocycles. The van der Waals surface area contributed by atoms with Gasteiger partial charge in [0.25, 0.3) is 0 Å². The second kappa shape index (κ2) is 5.25. The zero-order valence-corrected chi connectivity index (χ0v) is 9.21. The number of aldehydes is 1. The van der Waals surface area contributed by atoms with Crippen LogP contribution in [0.3, 0.4) is 0 Å². The van der Waals surface area contributed by atoms with Crippen molar-refractivity contribution in [2.75, 3.05) is 0 Å². The SMILES string of the molecule is O=CC(CC(=O)c1ccccc1)c1ccco1. The number of ketones is 1.